The second kappa shape index (κ2) is 5.56. The van der Waals surface area contributed by atoms with Gasteiger partial charge in [-0.1, -0.05) is 24.3 Å². The highest BCUT2D eigenvalue weighted by atomic mass is 16.5. The zero-order valence-electron chi connectivity index (χ0n) is 10.2. The van der Waals surface area contributed by atoms with Gasteiger partial charge in [0.1, 0.15) is 18.1 Å². The van der Waals surface area contributed by atoms with Gasteiger partial charge < -0.3 is 14.9 Å². The normalized spacial score (nSPS) is 12.1. The Labute approximate surface area is 106 Å². The first-order valence-corrected chi connectivity index (χ1v) is 5.84. The Morgan fingerprint density at radius 2 is 1.83 bits per heavy atom. The molecule has 0 aliphatic carbocycles. The van der Waals surface area contributed by atoms with Crippen LogP contribution >= 0.6 is 0 Å². The maximum Gasteiger partial charge on any atom is 0.120 e. The van der Waals surface area contributed by atoms with E-state index in [4.69, 9.17) is 4.74 Å². The van der Waals surface area contributed by atoms with Gasteiger partial charge in [0.25, 0.3) is 0 Å². The topological polar surface area (TPSA) is 49.7 Å². The number of rotatable bonds is 4. The lowest BCUT2D eigenvalue weighted by atomic mass is 10.1. The molecule has 1 atom stereocenters. The third-order valence-corrected chi connectivity index (χ3v) is 2.68. The van der Waals surface area contributed by atoms with Gasteiger partial charge >= 0.3 is 0 Å². The van der Waals surface area contributed by atoms with E-state index in [-0.39, 0.29) is 5.75 Å². The van der Waals surface area contributed by atoms with Crippen LogP contribution in [-0.4, -0.2) is 10.2 Å². The highest BCUT2D eigenvalue weighted by Crippen LogP contribution is 2.20. The number of hydrogen-bond donors (Lipinski definition) is 2. The van der Waals surface area contributed by atoms with E-state index < -0.39 is 6.10 Å². The molecule has 2 aromatic rings. The minimum absolute atomic E-state index is 0.245. The van der Waals surface area contributed by atoms with Crippen LogP contribution in [0.15, 0.2) is 48.5 Å². The smallest absolute Gasteiger partial charge is 0.120 e. The van der Waals surface area contributed by atoms with Gasteiger partial charge in [0.05, 0.1) is 6.10 Å². The molecule has 18 heavy (non-hydrogen) atoms. The summed E-state index contributed by atoms with van der Waals surface area (Å²) in [6.45, 7) is 2.16. The van der Waals surface area contributed by atoms with Crippen LogP contribution in [0.25, 0.3) is 0 Å². The molecule has 0 spiro atoms. The number of aliphatic hydroxyl groups is 1. The molecule has 94 valence electrons. The minimum atomic E-state index is -0.498. The summed E-state index contributed by atoms with van der Waals surface area (Å²) >= 11 is 0. The molecule has 3 nitrogen and oxygen atoms in total. The lowest BCUT2D eigenvalue weighted by Gasteiger charge is -2.09. The van der Waals surface area contributed by atoms with Gasteiger partial charge in [0.2, 0.25) is 0 Å². The van der Waals surface area contributed by atoms with Gasteiger partial charge in [-0.2, -0.15) is 0 Å². The van der Waals surface area contributed by atoms with E-state index in [0.717, 1.165) is 16.9 Å². The van der Waals surface area contributed by atoms with Crippen LogP contribution in [0.2, 0.25) is 0 Å². The summed E-state index contributed by atoms with van der Waals surface area (Å²) < 4.78 is 5.63. The predicted octanol–water partition coefficient (Wildman–Crippen LogP) is 3.02. The fourth-order valence-corrected chi connectivity index (χ4v) is 1.62. The largest absolute Gasteiger partial charge is 0.508 e. The highest BCUT2D eigenvalue weighted by molar-refractivity contribution is 5.30. The number of hydrogen-bond acceptors (Lipinski definition) is 3. The van der Waals surface area contributed by atoms with Crippen LogP contribution in [0, 0.1) is 0 Å². The predicted molar refractivity (Wildman–Crippen MR) is 69.5 cm³/mol. The summed E-state index contributed by atoms with van der Waals surface area (Å²) in [7, 11) is 0. The average Bonchev–Trinajstić information content (AvgIpc) is 2.38. The van der Waals surface area contributed by atoms with Crippen LogP contribution in [0.5, 0.6) is 11.5 Å². The summed E-state index contributed by atoms with van der Waals surface area (Å²) in [5.41, 5.74) is 1.81. The minimum Gasteiger partial charge on any atom is -0.508 e. The number of aromatic hydroxyl groups is 1. The first-order valence-electron chi connectivity index (χ1n) is 5.84. The van der Waals surface area contributed by atoms with E-state index in [1.165, 1.54) is 0 Å². The van der Waals surface area contributed by atoms with Crippen molar-refractivity contribution in [3.8, 4) is 11.5 Å². The Bertz CT molecular complexity index is 503. The summed E-state index contributed by atoms with van der Waals surface area (Å²) in [5, 5.41) is 18.7. The van der Waals surface area contributed by atoms with Crippen molar-refractivity contribution in [3.05, 3.63) is 59.7 Å². The van der Waals surface area contributed by atoms with E-state index in [9.17, 15) is 10.2 Å². The molecule has 0 heterocycles. The van der Waals surface area contributed by atoms with Crippen molar-refractivity contribution in [2.75, 3.05) is 0 Å². The number of aliphatic hydroxyl groups excluding tert-OH is 1. The second-order valence-electron chi connectivity index (χ2n) is 4.20. The summed E-state index contributed by atoms with van der Waals surface area (Å²) in [4.78, 5) is 0. The second-order valence-corrected chi connectivity index (χ2v) is 4.20. The Balaban J connectivity index is 2.01. The Kier molecular flexibility index (Phi) is 3.85. The van der Waals surface area contributed by atoms with Crippen molar-refractivity contribution >= 4 is 0 Å². The van der Waals surface area contributed by atoms with Crippen molar-refractivity contribution in [3.63, 3.8) is 0 Å². The molecular weight excluding hydrogens is 228 g/mol. The van der Waals surface area contributed by atoms with Crippen molar-refractivity contribution < 1.29 is 14.9 Å². The van der Waals surface area contributed by atoms with Gasteiger partial charge in [-0.3, -0.25) is 0 Å². The molecule has 2 N–H and O–H groups in total. The van der Waals surface area contributed by atoms with E-state index in [0.29, 0.717) is 6.61 Å². The maximum absolute atomic E-state index is 9.48. The third kappa shape index (κ3) is 3.25. The van der Waals surface area contributed by atoms with Gasteiger partial charge in [-0.25, -0.2) is 0 Å². The standard InChI is InChI=1S/C15H16O3/c1-11(16)13-3-2-4-15(9-13)18-10-12-5-7-14(17)8-6-12/h2-9,11,16-17H,10H2,1H3. The molecule has 2 aromatic carbocycles. The quantitative estimate of drug-likeness (QED) is 0.869. The number of benzene rings is 2. The zero-order chi connectivity index (χ0) is 13.0. The van der Waals surface area contributed by atoms with E-state index in [1.54, 1.807) is 19.1 Å². The first kappa shape index (κ1) is 12.5. The molecule has 0 bridgehead atoms. The monoisotopic (exact) mass is 244 g/mol. The van der Waals surface area contributed by atoms with Crippen molar-refractivity contribution in [2.24, 2.45) is 0 Å². The SMILES string of the molecule is CC(O)c1cccc(OCc2ccc(O)cc2)c1. The molecular formula is C15H16O3. The Morgan fingerprint density at radius 3 is 2.50 bits per heavy atom. The molecule has 0 aliphatic rings. The van der Waals surface area contributed by atoms with E-state index in [1.807, 2.05) is 36.4 Å². The van der Waals surface area contributed by atoms with Crippen LogP contribution in [0.1, 0.15) is 24.2 Å². The highest BCUT2D eigenvalue weighted by Gasteiger charge is 2.02. The molecule has 0 saturated carbocycles. The molecule has 3 heteroatoms. The van der Waals surface area contributed by atoms with Crippen LogP contribution < -0.4 is 4.74 Å². The summed E-state index contributed by atoms with van der Waals surface area (Å²) in [6, 6.07) is 14.3. The van der Waals surface area contributed by atoms with E-state index >= 15 is 0 Å². The Hall–Kier alpha value is -2.00. The first-order chi connectivity index (χ1) is 8.65. The molecule has 0 radical (unpaired) electrons. The molecule has 0 aromatic heterocycles. The van der Waals surface area contributed by atoms with E-state index in [2.05, 4.69) is 0 Å². The van der Waals surface area contributed by atoms with Gasteiger partial charge in [0, 0.05) is 0 Å². The number of ether oxygens (including phenoxy) is 1. The average molecular weight is 244 g/mol. The summed E-state index contributed by atoms with van der Waals surface area (Å²) in [5.74, 6) is 0.969. The molecule has 1 unspecified atom stereocenters. The number of phenolic OH excluding ortho intramolecular Hbond substituents is 1. The third-order valence-electron chi connectivity index (χ3n) is 2.68. The van der Waals surface area contributed by atoms with Crippen molar-refractivity contribution in [1.29, 1.82) is 0 Å². The zero-order valence-corrected chi connectivity index (χ0v) is 10.2. The van der Waals surface area contributed by atoms with Crippen LogP contribution in [0.4, 0.5) is 0 Å². The number of phenols is 1. The van der Waals surface area contributed by atoms with Gasteiger partial charge in [0.15, 0.2) is 0 Å². The maximum atomic E-state index is 9.48. The van der Waals surface area contributed by atoms with Gasteiger partial charge in [-0.05, 0) is 42.3 Å². The van der Waals surface area contributed by atoms with Crippen molar-refractivity contribution in [1.82, 2.24) is 0 Å². The molecule has 2 rings (SSSR count). The van der Waals surface area contributed by atoms with Gasteiger partial charge in [-0.15, -0.1) is 0 Å². The molecule has 0 aliphatic heterocycles. The lowest BCUT2D eigenvalue weighted by Crippen LogP contribution is -1.97. The van der Waals surface area contributed by atoms with Crippen LogP contribution in [-0.2, 0) is 6.61 Å². The lowest BCUT2D eigenvalue weighted by molar-refractivity contribution is 0.198. The van der Waals surface area contributed by atoms with Crippen molar-refractivity contribution in [2.45, 2.75) is 19.6 Å². The summed E-state index contributed by atoms with van der Waals surface area (Å²) in [6.07, 6.45) is -0.498. The molecule has 0 saturated heterocycles. The fraction of sp³-hybridized carbons (Fsp3) is 0.200. The van der Waals surface area contributed by atoms with Crippen LogP contribution in [0.3, 0.4) is 0 Å². The molecule has 0 fully saturated rings. The molecule has 0 amide bonds. The Morgan fingerprint density at radius 1 is 1.11 bits per heavy atom. The fourth-order valence-electron chi connectivity index (χ4n) is 1.62.